The van der Waals surface area contributed by atoms with Gasteiger partial charge in [0.2, 0.25) is 0 Å². The molecule has 134 valence electrons. The van der Waals surface area contributed by atoms with Crippen molar-refractivity contribution in [2.24, 2.45) is 11.8 Å². The minimum absolute atomic E-state index is 0. The number of Topliss-reactive ketones (excluding diaryl/α,β-unsaturated/α-hetero) is 1. The summed E-state index contributed by atoms with van der Waals surface area (Å²) in [6, 6.07) is 8.90. The first kappa shape index (κ1) is 20.9. The van der Waals surface area contributed by atoms with Gasteiger partial charge in [0.15, 0.2) is 5.78 Å². The van der Waals surface area contributed by atoms with Gasteiger partial charge in [-0.1, -0.05) is 51.1 Å². The number of allylic oxidation sites excluding steroid dienone is 2. The van der Waals surface area contributed by atoms with Crippen LogP contribution in [0.5, 0.6) is 0 Å². The Morgan fingerprint density at radius 1 is 1.17 bits per heavy atom. The molecule has 1 fully saturated rings. The van der Waals surface area contributed by atoms with Crippen LogP contribution in [-0.2, 0) is 11.2 Å². The Kier molecular flexibility index (Phi) is 8.18. The Bertz CT molecular complexity index is 560. The summed E-state index contributed by atoms with van der Waals surface area (Å²) < 4.78 is 0. The van der Waals surface area contributed by atoms with Gasteiger partial charge in [-0.15, -0.1) is 12.4 Å². The summed E-state index contributed by atoms with van der Waals surface area (Å²) in [6.45, 7) is 7.55. The number of halogens is 1. The molecule has 0 saturated heterocycles. The molecular weight excluding hydrogens is 318 g/mol. The molecule has 1 aliphatic carbocycles. The number of carbonyl (C=O) groups excluding carboxylic acids is 1. The number of ketones is 1. The summed E-state index contributed by atoms with van der Waals surface area (Å²) in [7, 11) is 4.08. The number of rotatable bonds is 6. The lowest BCUT2D eigenvalue weighted by Crippen LogP contribution is -2.24. The molecule has 2 unspecified atom stereocenters. The van der Waals surface area contributed by atoms with Gasteiger partial charge in [-0.25, -0.2) is 0 Å². The smallest absolute Gasteiger partial charge is 0.162 e. The molecule has 0 aromatic heterocycles. The molecule has 1 aromatic carbocycles. The van der Waals surface area contributed by atoms with Crippen molar-refractivity contribution >= 4 is 18.2 Å². The minimum Gasteiger partial charge on any atom is -0.309 e. The number of carbonyl (C=O) groups is 1. The van der Waals surface area contributed by atoms with Crippen LogP contribution in [-0.4, -0.2) is 31.3 Å². The third kappa shape index (κ3) is 5.75. The first-order chi connectivity index (χ1) is 10.9. The molecule has 24 heavy (non-hydrogen) atoms. The monoisotopic (exact) mass is 349 g/mol. The van der Waals surface area contributed by atoms with E-state index in [0.29, 0.717) is 17.6 Å². The number of hydrogen-bond acceptors (Lipinski definition) is 2. The summed E-state index contributed by atoms with van der Waals surface area (Å²) >= 11 is 0. The second kappa shape index (κ2) is 9.39. The van der Waals surface area contributed by atoms with E-state index in [2.05, 4.69) is 56.0 Å². The third-order valence-electron chi connectivity index (χ3n) is 4.64. The number of nitrogens with zero attached hydrogens (tertiary/aromatic N) is 1. The topological polar surface area (TPSA) is 20.3 Å². The van der Waals surface area contributed by atoms with Gasteiger partial charge in [-0.05, 0) is 61.9 Å². The van der Waals surface area contributed by atoms with Crippen molar-refractivity contribution in [1.82, 2.24) is 4.90 Å². The molecule has 1 aliphatic rings. The lowest BCUT2D eigenvalue weighted by Gasteiger charge is -2.14. The van der Waals surface area contributed by atoms with Crippen LogP contribution < -0.4 is 0 Å². The van der Waals surface area contributed by atoms with E-state index in [1.165, 1.54) is 11.1 Å². The fraction of sp³-hybridized carbons (Fsp3) is 0.571. The Morgan fingerprint density at radius 3 is 2.33 bits per heavy atom. The molecule has 2 nitrogen and oxygen atoms in total. The lowest BCUT2D eigenvalue weighted by molar-refractivity contribution is -0.118. The van der Waals surface area contributed by atoms with Gasteiger partial charge in [-0.2, -0.15) is 0 Å². The largest absolute Gasteiger partial charge is 0.309 e. The predicted molar refractivity (Wildman–Crippen MR) is 105 cm³/mol. The second-order valence-corrected chi connectivity index (χ2v) is 7.68. The van der Waals surface area contributed by atoms with Gasteiger partial charge < -0.3 is 4.90 Å². The van der Waals surface area contributed by atoms with E-state index in [1.807, 2.05) is 14.1 Å². The minimum atomic E-state index is 0. The predicted octanol–water partition coefficient (Wildman–Crippen LogP) is 4.88. The normalized spacial score (nSPS) is 20.7. The van der Waals surface area contributed by atoms with E-state index in [4.69, 9.17) is 0 Å². The average molecular weight is 350 g/mol. The van der Waals surface area contributed by atoms with E-state index in [1.54, 1.807) is 0 Å². The zero-order chi connectivity index (χ0) is 17.0. The highest BCUT2D eigenvalue weighted by atomic mass is 35.5. The average Bonchev–Trinajstić information content (AvgIpc) is 2.80. The fourth-order valence-corrected chi connectivity index (χ4v) is 3.45. The maximum absolute atomic E-state index is 12.5. The Balaban J connectivity index is 0.00000288. The Hall–Kier alpha value is -1.12. The van der Waals surface area contributed by atoms with Gasteiger partial charge in [0.1, 0.15) is 0 Å². The molecule has 0 N–H and O–H groups in total. The van der Waals surface area contributed by atoms with Crippen molar-refractivity contribution in [2.45, 2.75) is 46.0 Å². The molecule has 0 amide bonds. The zero-order valence-electron chi connectivity index (χ0n) is 15.7. The van der Waals surface area contributed by atoms with Gasteiger partial charge in [0, 0.05) is 12.5 Å². The highest BCUT2D eigenvalue weighted by molar-refractivity contribution is 5.99. The van der Waals surface area contributed by atoms with Crippen LogP contribution in [0.3, 0.4) is 0 Å². The molecule has 3 heteroatoms. The van der Waals surface area contributed by atoms with E-state index in [0.717, 1.165) is 31.4 Å². The van der Waals surface area contributed by atoms with Gasteiger partial charge in [0.25, 0.3) is 0 Å². The zero-order valence-corrected chi connectivity index (χ0v) is 16.5. The number of hydrogen-bond donors (Lipinski definition) is 0. The fourth-order valence-electron chi connectivity index (χ4n) is 3.45. The quantitative estimate of drug-likeness (QED) is 0.682. The van der Waals surface area contributed by atoms with Crippen molar-refractivity contribution in [3.63, 3.8) is 0 Å². The molecule has 0 aliphatic heterocycles. The van der Waals surface area contributed by atoms with Crippen LogP contribution in [0, 0.1) is 11.8 Å². The number of benzene rings is 1. The van der Waals surface area contributed by atoms with Gasteiger partial charge in [-0.3, -0.25) is 4.79 Å². The first-order valence-corrected chi connectivity index (χ1v) is 8.85. The van der Waals surface area contributed by atoms with Gasteiger partial charge in [0.05, 0.1) is 0 Å². The van der Waals surface area contributed by atoms with E-state index in [-0.39, 0.29) is 18.3 Å². The standard InChI is InChI=1S/C21H31NO.ClH/c1-15(2)12-17-6-8-18(9-7-17)16(3)13-19-10-11-20(21(19)23)14-22(4)5;/h6-9,13,15-16,20H,10-12,14H2,1-5H3;1H. The van der Waals surface area contributed by atoms with E-state index < -0.39 is 0 Å². The van der Waals surface area contributed by atoms with Crippen molar-refractivity contribution in [1.29, 1.82) is 0 Å². The summed E-state index contributed by atoms with van der Waals surface area (Å²) in [5.74, 6) is 1.55. The third-order valence-corrected chi connectivity index (χ3v) is 4.64. The lowest BCUT2D eigenvalue weighted by atomic mass is 9.94. The summed E-state index contributed by atoms with van der Waals surface area (Å²) in [5.41, 5.74) is 3.73. The van der Waals surface area contributed by atoms with Gasteiger partial charge >= 0.3 is 0 Å². The molecule has 2 atom stereocenters. The first-order valence-electron chi connectivity index (χ1n) is 8.85. The molecule has 1 aromatic rings. The van der Waals surface area contributed by atoms with Crippen LogP contribution in [0.4, 0.5) is 0 Å². The van der Waals surface area contributed by atoms with Crippen molar-refractivity contribution in [3.05, 3.63) is 47.0 Å². The molecular formula is C21H32ClNO. The molecule has 0 bridgehead atoms. The molecule has 1 saturated carbocycles. The molecule has 2 rings (SSSR count). The molecule has 0 radical (unpaired) electrons. The van der Waals surface area contributed by atoms with Crippen LogP contribution in [0.25, 0.3) is 0 Å². The van der Waals surface area contributed by atoms with E-state index in [9.17, 15) is 4.79 Å². The molecule has 0 heterocycles. The Labute approximate surface area is 153 Å². The van der Waals surface area contributed by atoms with Crippen LogP contribution in [0.15, 0.2) is 35.9 Å². The highest BCUT2D eigenvalue weighted by Crippen LogP contribution is 2.30. The second-order valence-electron chi connectivity index (χ2n) is 7.68. The van der Waals surface area contributed by atoms with E-state index >= 15 is 0 Å². The SMILES string of the molecule is CC(C)Cc1ccc(C(C)C=C2CCC(CN(C)C)C2=O)cc1.Cl. The Morgan fingerprint density at radius 2 is 1.79 bits per heavy atom. The summed E-state index contributed by atoms with van der Waals surface area (Å²) in [4.78, 5) is 14.6. The van der Waals surface area contributed by atoms with Crippen LogP contribution in [0.2, 0.25) is 0 Å². The summed E-state index contributed by atoms with van der Waals surface area (Å²) in [6.07, 6.45) is 5.26. The van der Waals surface area contributed by atoms with Crippen LogP contribution in [0.1, 0.15) is 50.7 Å². The maximum atomic E-state index is 12.5. The summed E-state index contributed by atoms with van der Waals surface area (Å²) in [5, 5.41) is 0. The highest BCUT2D eigenvalue weighted by Gasteiger charge is 2.29. The molecule has 0 spiro atoms. The van der Waals surface area contributed by atoms with Crippen molar-refractivity contribution in [3.8, 4) is 0 Å². The van der Waals surface area contributed by atoms with Crippen LogP contribution >= 0.6 is 12.4 Å². The van der Waals surface area contributed by atoms with Crippen molar-refractivity contribution in [2.75, 3.05) is 20.6 Å². The maximum Gasteiger partial charge on any atom is 0.162 e. The van der Waals surface area contributed by atoms with Crippen molar-refractivity contribution < 1.29 is 4.79 Å².